The quantitative estimate of drug-likeness (QED) is 0.480. The molecule has 1 aromatic rings. The highest BCUT2D eigenvalue weighted by atomic mass is 16.5. The summed E-state index contributed by atoms with van der Waals surface area (Å²) in [6, 6.07) is 0. The van der Waals surface area contributed by atoms with E-state index < -0.39 is 17.5 Å². The zero-order valence-electron chi connectivity index (χ0n) is 9.22. The monoisotopic (exact) mass is 236 g/mol. The Bertz CT molecular complexity index is 610. The normalized spacial score (nSPS) is 14.6. The highest BCUT2D eigenvalue weighted by Gasteiger charge is 2.42. The van der Waals surface area contributed by atoms with Gasteiger partial charge in [-0.2, -0.15) is 0 Å². The number of amides is 1. The first kappa shape index (κ1) is 11.1. The molecule has 0 fully saturated rings. The van der Waals surface area contributed by atoms with Crippen LogP contribution in [0.25, 0.3) is 0 Å². The summed E-state index contributed by atoms with van der Waals surface area (Å²) in [5.41, 5.74) is 4.72. The van der Waals surface area contributed by atoms with Gasteiger partial charge in [-0.05, 0) is 13.0 Å². The fourth-order valence-electron chi connectivity index (χ4n) is 1.87. The van der Waals surface area contributed by atoms with Crippen molar-refractivity contribution < 1.29 is 24.4 Å². The van der Waals surface area contributed by atoms with Gasteiger partial charge in [0.05, 0.1) is 7.05 Å². The molecular formula is C10H10N3O4+. The Hall–Kier alpha value is -2.44. The Morgan fingerprint density at radius 1 is 1.47 bits per heavy atom. The lowest BCUT2D eigenvalue weighted by Crippen LogP contribution is -2.46. The molecule has 7 nitrogen and oxygen atoms in total. The van der Waals surface area contributed by atoms with Gasteiger partial charge in [0.2, 0.25) is 5.78 Å². The third-order valence-electron chi connectivity index (χ3n) is 2.68. The molecule has 1 heterocycles. The minimum absolute atomic E-state index is 0.0445. The number of hydrogen-bond donors (Lipinski definition) is 2. The van der Waals surface area contributed by atoms with Crippen molar-refractivity contribution in [2.24, 2.45) is 12.8 Å². The molecule has 0 aromatic carbocycles. The summed E-state index contributed by atoms with van der Waals surface area (Å²) < 4.78 is 1.01. The van der Waals surface area contributed by atoms with Crippen LogP contribution in [0.2, 0.25) is 0 Å². The molecule has 2 rings (SSSR count). The van der Waals surface area contributed by atoms with E-state index in [1.54, 1.807) is 0 Å². The van der Waals surface area contributed by atoms with E-state index in [1.165, 1.54) is 14.0 Å². The molecule has 88 valence electrons. The maximum atomic E-state index is 11.9. The van der Waals surface area contributed by atoms with Crippen LogP contribution in [0, 0.1) is 0 Å². The van der Waals surface area contributed by atoms with Crippen molar-refractivity contribution in [1.29, 1.82) is 0 Å². The molecule has 0 unspecified atom stereocenters. The number of carbonyl (C=O) groups excluding carboxylic acids is 3. The first-order chi connectivity index (χ1) is 7.86. The average Bonchev–Trinajstić information content (AvgIpc) is 2.49. The SMILES string of the molecule is CC1=CC(=O)c2c(c(C(N)=O)[n+](O)n2C)C1=O. The first-order valence-electron chi connectivity index (χ1n) is 4.77. The second kappa shape index (κ2) is 3.27. The molecule has 0 bridgehead atoms. The smallest absolute Gasteiger partial charge is 0.360 e. The van der Waals surface area contributed by atoms with Gasteiger partial charge in [0.1, 0.15) is 10.4 Å². The molecule has 0 aliphatic heterocycles. The van der Waals surface area contributed by atoms with E-state index in [2.05, 4.69) is 0 Å². The second-order valence-corrected chi connectivity index (χ2v) is 3.77. The molecule has 1 aliphatic carbocycles. The number of nitrogens with zero attached hydrogens (tertiary/aromatic N) is 2. The Kier molecular flexibility index (Phi) is 2.13. The van der Waals surface area contributed by atoms with Crippen molar-refractivity contribution in [3.8, 4) is 0 Å². The summed E-state index contributed by atoms with van der Waals surface area (Å²) in [6.45, 7) is 1.46. The van der Waals surface area contributed by atoms with Crippen molar-refractivity contribution in [1.82, 2.24) is 4.68 Å². The molecular weight excluding hydrogens is 226 g/mol. The first-order valence-corrected chi connectivity index (χ1v) is 4.77. The average molecular weight is 236 g/mol. The third-order valence-corrected chi connectivity index (χ3v) is 2.68. The predicted molar refractivity (Wildman–Crippen MR) is 53.7 cm³/mol. The maximum absolute atomic E-state index is 11.9. The molecule has 1 amide bonds. The van der Waals surface area contributed by atoms with Crippen LogP contribution in [-0.2, 0) is 7.05 Å². The summed E-state index contributed by atoms with van der Waals surface area (Å²) in [5, 5.41) is 9.63. The number of rotatable bonds is 1. The van der Waals surface area contributed by atoms with Crippen molar-refractivity contribution in [3.63, 3.8) is 0 Å². The Morgan fingerprint density at radius 3 is 2.59 bits per heavy atom. The number of fused-ring (bicyclic) bond motifs is 1. The van der Waals surface area contributed by atoms with E-state index >= 15 is 0 Å². The third kappa shape index (κ3) is 1.28. The summed E-state index contributed by atoms with van der Waals surface area (Å²) in [7, 11) is 1.35. The summed E-state index contributed by atoms with van der Waals surface area (Å²) in [5.74, 6) is -1.91. The predicted octanol–water partition coefficient (Wildman–Crippen LogP) is -1.03. The van der Waals surface area contributed by atoms with Crippen LogP contribution in [0.1, 0.15) is 38.3 Å². The minimum Gasteiger partial charge on any atom is -0.360 e. The van der Waals surface area contributed by atoms with Crippen LogP contribution in [-0.4, -0.2) is 27.4 Å². The molecule has 0 atom stereocenters. The van der Waals surface area contributed by atoms with Gasteiger partial charge in [0.15, 0.2) is 11.5 Å². The minimum atomic E-state index is -0.972. The van der Waals surface area contributed by atoms with Gasteiger partial charge in [-0.3, -0.25) is 19.6 Å². The van der Waals surface area contributed by atoms with Crippen molar-refractivity contribution >= 4 is 17.5 Å². The van der Waals surface area contributed by atoms with E-state index in [1.807, 2.05) is 0 Å². The fourth-order valence-corrected chi connectivity index (χ4v) is 1.87. The van der Waals surface area contributed by atoms with Gasteiger partial charge < -0.3 is 5.73 Å². The Morgan fingerprint density at radius 2 is 2.06 bits per heavy atom. The molecule has 7 heteroatoms. The number of aromatic nitrogens is 2. The van der Waals surface area contributed by atoms with Gasteiger partial charge in [0.25, 0.3) is 0 Å². The lowest BCUT2D eigenvalue weighted by Gasteiger charge is -2.05. The number of nitrogens with two attached hydrogens (primary N) is 1. The van der Waals surface area contributed by atoms with Crippen LogP contribution < -0.4 is 10.6 Å². The number of carbonyl (C=O) groups is 3. The molecule has 0 saturated heterocycles. The van der Waals surface area contributed by atoms with Crippen LogP contribution in [0.15, 0.2) is 11.6 Å². The lowest BCUT2D eigenvalue weighted by molar-refractivity contribution is -0.963. The van der Waals surface area contributed by atoms with Gasteiger partial charge in [-0.25, -0.2) is 0 Å². The van der Waals surface area contributed by atoms with E-state index in [0.717, 1.165) is 10.8 Å². The largest absolute Gasteiger partial charge is 0.364 e. The maximum Gasteiger partial charge on any atom is 0.364 e. The molecule has 0 radical (unpaired) electrons. The molecule has 0 spiro atoms. The van der Waals surface area contributed by atoms with Crippen molar-refractivity contribution in [2.75, 3.05) is 0 Å². The zero-order chi connectivity index (χ0) is 12.9. The lowest BCUT2D eigenvalue weighted by atomic mass is 9.93. The highest BCUT2D eigenvalue weighted by molar-refractivity contribution is 6.26. The second-order valence-electron chi connectivity index (χ2n) is 3.77. The fraction of sp³-hybridized carbons (Fsp3) is 0.200. The summed E-state index contributed by atoms with van der Waals surface area (Å²) in [6.07, 6.45) is 1.16. The zero-order valence-corrected chi connectivity index (χ0v) is 9.22. The number of hydrogen-bond acceptors (Lipinski definition) is 4. The standard InChI is InChI=1S/C10H9N3O4/c1-4-3-5(14)7-6(9(4)15)8(10(11)16)13(17)12(7)2/h3H,1-2H3,(H2-,11,14,16,17)/p+1. The van der Waals surface area contributed by atoms with Crippen LogP contribution >= 0.6 is 0 Å². The van der Waals surface area contributed by atoms with E-state index in [-0.39, 0.29) is 22.5 Å². The number of allylic oxidation sites excluding steroid dienone is 2. The highest BCUT2D eigenvalue weighted by Crippen LogP contribution is 2.22. The van der Waals surface area contributed by atoms with Crippen LogP contribution in [0.3, 0.4) is 0 Å². The molecule has 3 N–H and O–H groups in total. The number of primary amides is 1. The van der Waals surface area contributed by atoms with Gasteiger partial charge in [0, 0.05) is 5.57 Å². The molecule has 1 aromatic heterocycles. The van der Waals surface area contributed by atoms with E-state index in [4.69, 9.17) is 5.73 Å². The van der Waals surface area contributed by atoms with Crippen molar-refractivity contribution in [2.45, 2.75) is 6.92 Å². The molecule has 1 aliphatic rings. The van der Waals surface area contributed by atoms with E-state index in [0.29, 0.717) is 4.85 Å². The van der Waals surface area contributed by atoms with Gasteiger partial charge >= 0.3 is 11.6 Å². The summed E-state index contributed by atoms with van der Waals surface area (Å²) in [4.78, 5) is 35.2. The number of Topliss-reactive ketones (excluding diaryl/α,β-unsaturated/α-hetero) is 1. The molecule has 17 heavy (non-hydrogen) atoms. The Labute approximate surface area is 95.7 Å². The van der Waals surface area contributed by atoms with Crippen LogP contribution in [0.5, 0.6) is 0 Å². The van der Waals surface area contributed by atoms with Crippen molar-refractivity contribution in [3.05, 3.63) is 28.6 Å². The number of ketones is 2. The summed E-state index contributed by atoms with van der Waals surface area (Å²) >= 11 is 0. The Balaban J connectivity index is 2.88. The molecule has 0 saturated carbocycles. The van der Waals surface area contributed by atoms with Gasteiger partial charge in [-0.15, -0.1) is 4.68 Å². The topological polar surface area (TPSA) is 106 Å². The van der Waals surface area contributed by atoms with E-state index in [9.17, 15) is 19.6 Å². The van der Waals surface area contributed by atoms with Crippen LogP contribution in [0.4, 0.5) is 0 Å². The van der Waals surface area contributed by atoms with Gasteiger partial charge in [-0.1, -0.05) is 0 Å².